The normalized spacial score (nSPS) is 19.4. The van der Waals surface area contributed by atoms with Crippen molar-refractivity contribution in [2.75, 3.05) is 43.6 Å². The van der Waals surface area contributed by atoms with Crippen molar-refractivity contribution in [1.29, 1.82) is 0 Å². The summed E-state index contributed by atoms with van der Waals surface area (Å²) >= 11 is 0. The number of rotatable bonds is 7. The summed E-state index contributed by atoms with van der Waals surface area (Å²) in [7, 11) is -0.128. The number of amides is 1. The number of para-hydroxylation sites is 1. The van der Waals surface area contributed by atoms with Gasteiger partial charge in [-0.05, 0) is 47.3 Å². The Hall–Kier alpha value is -3.32. The third-order valence-corrected chi connectivity index (χ3v) is 9.12. The first-order chi connectivity index (χ1) is 18.3. The van der Waals surface area contributed by atoms with E-state index in [9.17, 15) is 4.79 Å². The number of nitrogens with zero attached hydrogens (tertiary/aromatic N) is 4. The predicted octanol–water partition coefficient (Wildman–Crippen LogP) is 5.64. The van der Waals surface area contributed by atoms with Gasteiger partial charge in [-0.1, -0.05) is 77.4 Å². The number of hydrogen-bond acceptors (Lipinski definition) is 4. The molecule has 1 unspecified atom stereocenters. The van der Waals surface area contributed by atoms with Gasteiger partial charge in [-0.15, -0.1) is 12.4 Å². The maximum atomic E-state index is 12.6. The Kier molecular flexibility index (Phi) is 8.32. The van der Waals surface area contributed by atoms with E-state index in [1.165, 1.54) is 16.4 Å². The van der Waals surface area contributed by atoms with Gasteiger partial charge < -0.3 is 9.80 Å². The molecule has 0 aromatic heterocycles. The summed E-state index contributed by atoms with van der Waals surface area (Å²) in [4.78, 5) is 20.8. The Bertz CT molecular complexity index is 1350. The van der Waals surface area contributed by atoms with Crippen molar-refractivity contribution in [2.24, 2.45) is 0 Å². The molecule has 1 saturated heterocycles. The average Bonchev–Trinajstić information content (AvgIpc) is 3.54. The second-order valence-corrected chi connectivity index (χ2v) is 11.3. The lowest BCUT2D eigenvalue weighted by molar-refractivity contribution is 0.0796. The van der Waals surface area contributed by atoms with Crippen LogP contribution in [0.15, 0.2) is 114 Å². The number of piperazine rings is 1. The van der Waals surface area contributed by atoms with Crippen LogP contribution < -0.4 is 4.31 Å². The van der Waals surface area contributed by atoms with Gasteiger partial charge in [0.1, 0.15) is 5.82 Å². The first-order valence-corrected chi connectivity index (χ1v) is 14.2. The molecule has 6 rings (SSSR count). The minimum atomic E-state index is -0.128. The molecule has 0 radical (unpaired) electrons. The molecule has 3 aromatic rings. The summed E-state index contributed by atoms with van der Waals surface area (Å²) in [5.74, 6) is 1.44. The van der Waals surface area contributed by atoms with E-state index in [1.54, 1.807) is 0 Å². The molecule has 38 heavy (non-hydrogen) atoms. The molecule has 0 spiro atoms. The molecule has 3 aliphatic rings. The van der Waals surface area contributed by atoms with Gasteiger partial charge in [-0.3, -0.25) is 14.0 Å². The monoisotopic (exact) mass is 544 g/mol. The Balaban J connectivity index is 0.00000294. The molecular weight excluding hydrogens is 512 g/mol. The Morgan fingerprint density at radius 1 is 0.763 bits per heavy atom. The first-order valence-electron chi connectivity index (χ1n) is 13.0. The zero-order valence-electron chi connectivity index (χ0n) is 21.4. The molecule has 5 nitrogen and oxygen atoms in total. The predicted molar refractivity (Wildman–Crippen MR) is 161 cm³/mol. The van der Waals surface area contributed by atoms with Gasteiger partial charge in [0.15, 0.2) is 0 Å². The molecule has 0 aliphatic carbocycles. The van der Waals surface area contributed by atoms with E-state index in [0.29, 0.717) is 13.1 Å². The largest absolute Gasteiger partial charge is 0.355 e. The fourth-order valence-corrected chi connectivity index (χ4v) is 7.09. The molecule has 0 saturated carbocycles. The maximum Gasteiger partial charge on any atom is 0.254 e. The highest BCUT2D eigenvalue weighted by Gasteiger charge is 2.28. The third kappa shape index (κ3) is 5.44. The van der Waals surface area contributed by atoms with Crippen molar-refractivity contribution in [2.45, 2.75) is 11.4 Å². The van der Waals surface area contributed by atoms with Crippen LogP contribution in [0.25, 0.3) is 0 Å². The lowest BCUT2D eigenvalue weighted by atomic mass is 10.1. The molecule has 1 atom stereocenters. The average molecular weight is 545 g/mol. The summed E-state index contributed by atoms with van der Waals surface area (Å²) in [5, 5.41) is 2.35. The summed E-state index contributed by atoms with van der Waals surface area (Å²) in [6.07, 6.45) is 6.68. The van der Waals surface area contributed by atoms with E-state index >= 15 is 0 Å². The number of hydrogen-bond donors (Lipinski definition) is 0. The van der Waals surface area contributed by atoms with Crippen LogP contribution in [0.3, 0.4) is 0 Å². The van der Waals surface area contributed by atoms with Gasteiger partial charge in [-0.2, -0.15) is 0 Å². The van der Waals surface area contributed by atoms with E-state index in [4.69, 9.17) is 0 Å². The molecule has 196 valence electrons. The maximum absolute atomic E-state index is 12.6. The summed E-state index contributed by atoms with van der Waals surface area (Å²) in [6.45, 7) is 6.36. The minimum absolute atomic E-state index is 0. The second-order valence-electron chi connectivity index (χ2n) is 9.52. The fourth-order valence-electron chi connectivity index (χ4n) is 5.19. The number of carbonyl (C=O) groups is 1. The van der Waals surface area contributed by atoms with Gasteiger partial charge >= 0.3 is 0 Å². The molecule has 0 N–H and O–H groups in total. The van der Waals surface area contributed by atoms with Crippen LogP contribution in [0.1, 0.15) is 15.9 Å². The zero-order valence-corrected chi connectivity index (χ0v) is 23.0. The highest BCUT2D eigenvalue weighted by molar-refractivity contribution is 8.16. The second kappa shape index (κ2) is 12.0. The van der Waals surface area contributed by atoms with E-state index in [2.05, 4.69) is 104 Å². The van der Waals surface area contributed by atoms with Crippen molar-refractivity contribution in [3.8, 4) is 0 Å². The number of allylic oxidation sites excluding steroid dienone is 1. The minimum Gasteiger partial charge on any atom is -0.355 e. The lowest BCUT2D eigenvalue weighted by Crippen LogP contribution is -2.47. The van der Waals surface area contributed by atoms with Gasteiger partial charge in [0, 0.05) is 56.3 Å². The fraction of sp³-hybridized carbons (Fsp3) is 0.226. The van der Waals surface area contributed by atoms with Crippen LogP contribution in [0.5, 0.6) is 0 Å². The van der Waals surface area contributed by atoms with E-state index in [0.717, 1.165) is 43.9 Å². The molecule has 1 fully saturated rings. The summed E-state index contributed by atoms with van der Waals surface area (Å²) in [5.41, 5.74) is 3.22. The van der Waals surface area contributed by atoms with Crippen molar-refractivity contribution >= 4 is 40.0 Å². The van der Waals surface area contributed by atoms with Crippen molar-refractivity contribution in [3.05, 3.63) is 120 Å². The number of carbonyl (C=O) groups excluding carboxylic acids is 1. The van der Waals surface area contributed by atoms with E-state index in [1.807, 2.05) is 23.1 Å². The number of benzene rings is 3. The Morgan fingerprint density at radius 3 is 2.16 bits per heavy atom. The van der Waals surface area contributed by atoms with Crippen LogP contribution in [-0.4, -0.2) is 65.2 Å². The molecule has 3 aromatic carbocycles. The Labute approximate surface area is 234 Å². The van der Waals surface area contributed by atoms with Crippen LogP contribution >= 0.6 is 23.1 Å². The molecular formula is C31H33ClN4OS. The molecule has 1 amide bonds. The van der Waals surface area contributed by atoms with Crippen molar-refractivity contribution < 1.29 is 4.79 Å². The Morgan fingerprint density at radius 2 is 1.42 bits per heavy atom. The summed E-state index contributed by atoms with van der Waals surface area (Å²) < 4.78 is 2.50. The van der Waals surface area contributed by atoms with Crippen LogP contribution in [0.2, 0.25) is 0 Å². The molecule has 3 aliphatic heterocycles. The highest BCUT2D eigenvalue weighted by Crippen LogP contribution is 2.42. The summed E-state index contributed by atoms with van der Waals surface area (Å²) in [6, 6.07) is 29.5. The first kappa shape index (κ1) is 26.3. The molecule has 7 heteroatoms. The van der Waals surface area contributed by atoms with Crippen LogP contribution in [0, 0.1) is 0 Å². The number of halogens is 1. The topological polar surface area (TPSA) is 30.0 Å². The zero-order chi connectivity index (χ0) is 25.0. The van der Waals surface area contributed by atoms with E-state index in [-0.39, 0.29) is 29.0 Å². The number of fused-ring (bicyclic) bond motifs is 1. The standard InChI is InChI=1S/C31H32N4OS.ClH/c36-31-29-16-8-7-11-26(29)25-34(31)19-10-9-18-32-20-22-33(23-21-32)30-17-24-37(28-14-5-2-6-15-28)35(30)27-12-3-1-4-13-27;/h1-17,24H,18-23,25H2;1H/b10-9+;. The third-order valence-electron chi connectivity index (χ3n) is 7.17. The quantitative estimate of drug-likeness (QED) is 0.284. The van der Waals surface area contributed by atoms with Crippen molar-refractivity contribution in [3.63, 3.8) is 0 Å². The highest BCUT2D eigenvalue weighted by atomic mass is 35.5. The van der Waals surface area contributed by atoms with Crippen LogP contribution in [0.4, 0.5) is 5.69 Å². The molecule has 3 heterocycles. The van der Waals surface area contributed by atoms with Gasteiger partial charge in [0.05, 0.1) is 5.69 Å². The van der Waals surface area contributed by atoms with Gasteiger partial charge in [0.2, 0.25) is 0 Å². The van der Waals surface area contributed by atoms with E-state index < -0.39 is 0 Å². The van der Waals surface area contributed by atoms with Gasteiger partial charge in [-0.25, -0.2) is 0 Å². The SMILES string of the molecule is Cl.O=C1c2ccccc2CN1C/C=C/CN1CCN(C2=CC=S(c3ccccc3)N2c2ccccc2)CC1. The lowest BCUT2D eigenvalue weighted by Gasteiger charge is -2.40. The van der Waals surface area contributed by atoms with Crippen LogP contribution in [-0.2, 0) is 6.54 Å². The smallest absolute Gasteiger partial charge is 0.254 e. The number of anilines is 1. The van der Waals surface area contributed by atoms with Gasteiger partial charge in [0.25, 0.3) is 5.91 Å². The molecule has 0 bridgehead atoms. The van der Waals surface area contributed by atoms with Crippen molar-refractivity contribution in [1.82, 2.24) is 14.7 Å².